The number of nitrogens with one attached hydrogen (secondary N) is 2. The molecule has 3 fully saturated rings. The van der Waals surface area contributed by atoms with Crippen molar-refractivity contribution < 1.29 is 22.1 Å². The second-order valence-corrected chi connectivity index (χ2v) is 15.1. The van der Waals surface area contributed by atoms with Gasteiger partial charge in [-0.25, -0.2) is 22.5 Å². The zero-order chi connectivity index (χ0) is 29.9. The summed E-state index contributed by atoms with van der Waals surface area (Å²) >= 11 is 14.3. The summed E-state index contributed by atoms with van der Waals surface area (Å²) in [6.45, 7) is 2.01. The molecule has 2 N–H and O–H groups in total. The van der Waals surface area contributed by atoms with Crippen LogP contribution in [-0.4, -0.2) is 48.8 Å². The molecule has 0 unspecified atom stereocenters. The van der Waals surface area contributed by atoms with Crippen LogP contribution in [-0.2, 0) is 16.6 Å². The Bertz CT molecular complexity index is 1810. The molecule has 9 nitrogen and oxygen atoms in total. The minimum atomic E-state index is -3.73. The summed E-state index contributed by atoms with van der Waals surface area (Å²) in [5.74, 6) is -0.215. The van der Waals surface area contributed by atoms with Crippen LogP contribution in [0, 0.1) is 5.82 Å². The van der Waals surface area contributed by atoms with E-state index in [0.717, 1.165) is 43.1 Å². The Morgan fingerprint density at radius 2 is 1.81 bits per heavy atom. The number of fused-ring (bicyclic) bond motifs is 1. The summed E-state index contributed by atoms with van der Waals surface area (Å²) in [6, 6.07) is 8.19. The average Bonchev–Trinajstić information content (AvgIpc) is 3.91. The molecular weight excluding hydrogens is 636 g/mol. The lowest BCUT2D eigenvalue weighted by molar-refractivity contribution is 0.0981. The van der Waals surface area contributed by atoms with Crippen LogP contribution in [0.15, 0.2) is 34.9 Å². The van der Waals surface area contributed by atoms with Gasteiger partial charge in [0.15, 0.2) is 10.9 Å². The molecular formula is C29H28Cl2FN5O4S2. The average molecular weight is 665 g/mol. The van der Waals surface area contributed by atoms with Gasteiger partial charge in [-0.05, 0) is 62.8 Å². The summed E-state index contributed by atoms with van der Waals surface area (Å²) in [5.41, 5.74) is 2.49. The van der Waals surface area contributed by atoms with Crippen molar-refractivity contribution in [3.8, 4) is 11.3 Å². The molecule has 2 aromatic heterocycles. The van der Waals surface area contributed by atoms with Gasteiger partial charge in [0.1, 0.15) is 17.0 Å². The molecule has 0 spiro atoms. The molecule has 0 atom stereocenters. The predicted octanol–water partition coefficient (Wildman–Crippen LogP) is 6.26. The van der Waals surface area contributed by atoms with Crippen LogP contribution < -0.4 is 14.9 Å². The molecule has 0 bridgehead atoms. The van der Waals surface area contributed by atoms with Gasteiger partial charge >= 0.3 is 0 Å². The Kier molecular flexibility index (Phi) is 7.61. The zero-order valence-electron chi connectivity index (χ0n) is 22.9. The molecule has 2 saturated carbocycles. The van der Waals surface area contributed by atoms with Crippen LogP contribution in [0.3, 0.4) is 0 Å². The molecule has 226 valence electrons. The number of anilines is 1. The van der Waals surface area contributed by atoms with Crippen LogP contribution in [0.5, 0.6) is 0 Å². The molecule has 0 radical (unpaired) electrons. The fourth-order valence-electron chi connectivity index (χ4n) is 5.49. The van der Waals surface area contributed by atoms with E-state index in [-0.39, 0.29) is 17.1 Å². The first-order valence-corrected chi connectivity index (χ1v) is 17.4. The Hall–Kier alpha value is -2.77. The first-order chi connectivity index (χ1) is 20.7. The standard InChI is InChI=1S/C29H28Cl2FN5O4S2/c30-20-2-1-3-21(31)24(20)25-19(27(41-35-25)15-4-5-15)14-33-17-8-10-37(11-9-17)29-34-26-22(32)12-16(13-23(26)42-29)28(38)36-43(39,40)18-6-7-18/h1-3,12-13,15,17-18,33H,4-11,14H2,(H,36,38). The third kappa shape index (κ3) is 5.87. The number of benzene rings is 2. The Morgan fingerprint density at radius 3 is 2.49 bits per heavy atom. The smallest absolute Gasteiger partial charge is 0.264 e. The van der Waals surface area contributed by atoms with E-state index in [1.54, 1.807) is 18.2 Å². The summed E-state index contributed by atoms with van der Waals surface area (Å²) in [7, 11) is -3.73. The van der Waals surface area contributed by atoms with Crippen molar-refractivity contribution in [1.82, 2.24) is 20.2 Å². The zero-order valence-corrected chi connectivity index (χ0v) is 26.1. The molecule has 1 amide bonds. The molecule has 3 aliphatic rings. The fourth-order valence-corrected chi connectivity index (χ4v) is 8.44. The second kappa shape index (κ2) is 11.3. The van der Waals surface area contributed by atoms with E-state index in [1.165, 1.54) is 17.4 Å². The van der Waals surface area contributed by atoms with Crippen LogP contribution >= 0.6 is 34.5 Å². The van der Waals surface area contributed by atoms with Crippen LogP contribution in [0.1, 0.15) is 66.1 Å². The molecule has 43 heavy (non-hydrogen) atoms. The highest BCUT2D eigenvalue weighted by Crippen LogP contribution is 2.46. The van der Waals surface area contributed by atoms with Gasteiger partial charge in [-0.3, -0.25) is 4.79 Å². The number of carbonyl (C=O) groups excluding carboxylic acids is 1. The number of carbonyl (C=O) groups is 1. The monoisotopic (exact) mass is 663 g/mol. The first kappa shape index (κ1) is 29.0. The summed E-state index contributed by atoms with van der Waals surface area (Å²) in [4.78, 5) is 19.2. The number of aromatic nitrogens is 2. The maximum atomic E-state index is 14.9. The predicted molar refractivity (Wildman–Crippen MR) is 165 cm³/mol. The van der Waals surface area contributed by atoms with Gasteiger partial charge in [-0.15, -0.1) is 0 Å². The van der Waals surface area contributed by atoms with Gasteiger partial charge in [-0.1, -0.05) is 45.8 Å². The lowest BCUT2D eigenvalue weighted by Crippen LogP contribution is -2.42. The number of piperidine rings is 1. The molecule has 3 heterocycles. The number of rotatable bonds is 9. The Balaban J connectivity index is 1.02. The number of nitrogens with zero attached hydrogens (tertiary/aromatic N) is 3. The Morgan fingerprint density at radius 1 is 1.09 bits per heavy atom. The number of halogens is 3. The SMILES string of the molecule is O=C(NS(=O)(=O)C1CC1)c1cc(F)c2nc(N3CCC(NCc4c(-c5c(Cl)cccc5Cl)noc4C4CC4)CC3)sc2c1. The number of hydrogen-bond donors (Lipinski definition) is 2. The van der Waals surface area contributed by atoms with E-state index < -0.39 is 27.0 Å². The second-order valence-electron chi connectivity index (χ2n) is 11.4. The lowest BCUT2D eigenvalue weighted by atomic mass is 10.0. The molecule has 2 aliphatic carbocycles. The van der Waals surface area contributed by atoms with Crippen molar-refractivity contribution in [3.63, 3.8) is 0 Å². The van der Waals surface area contributed by atoms with Gasteiger partial charge in [0.25, 0.3) is 5.91 Å². The molecule has 1 aliphatic heterocycles. The highest BCUT2D eigenvalue weighted by Gasteiger charge is 2.37. The molecule has 1 saturated heterocycles. The molecule has 7 rings (SSSR count). The molecule has 4 aromatic rings. The van der Waals surface area contributed by atoms with Gasteiger partial charge in [-0.2, -0.15) is 0 Å². The number of hydrogen-bond acceptors (Lipinski definition) is 9. The van der Waals surface area contributed by atoms with Gasteiger partial charge < -0.3 is 14.7 Å². The number of sulfonamides is 1. The minimum absolute atomic E-state index is 0.0379. The van der Waals surface area contributed by atoms with E-state index in [9.17, 15) is 17.6 Å². The van der Waals surface area contributed by atoms with E-state index in [0.29, 0.717) is 69.5 Å². The highest BCUT2D eigenvalue weighted by atomic mass is 35.5. The maximum Gasteiger partial charge on any atom is 0.264 e. The topological polar surface area (TPSA) is 117 Å². The fraction of sp³-hybridized carbons (Fsp3) is 0.414. The third-order valence-electron chi connectivity index (χ3n) is 8.20. The van der Waals surface area contributed by atoms with Gasteiger partial charge in [0, 0.05) is 48.3 Å². The summed E-state index contributed by atoms with van der Waals surface area (Å²) < 4.78 is 47.6. The van der Waals surface area contributed by atoms with Crippen LogP contribution in [0.2, 0.25) is 10.0 Å². The first-order valence-electron chi connectivity index (χ1n) is 14.2. The van der Waals surface area contributed by atoms with Crippen molar-refractivity contribution >= 4 is 65.8 Å². The Labute approximate surface area is 261 Å². The highest BCUT2D eigenvalue weighted by molar-refractivity contribution is 7.91. The summed E-state index contributed by atoms with van der Waals surface area (Å²) in [5, 5.41) is 9.22. The van der Waals surface area contributed by atoms with E-state index in [2.05, 4.69) is 25.1 Å². The van der Waals surface area contributed by atoms with Gasteiger partial charge in [0.2, 0.25) is 10.0 Å². The van der Waals surface area contributed by atoms with Crippen LogP contribution in [0.4, 0.5) is 9.52 Å². The van der Waals surface area contributed by atoms with E-state index in [1.807, 2.05) is 0 Å². The minimum Gasteiger partial charge on any atom is -0.360 e. The van der Waals surface area contributed by atoms with E-state index >= 15 is 0 Å². The van der Waals surface area contributed by atoms with Crippen molar-refractivity contribution in [2.75, 3.05) is 18.0 Å². The maximum absolute atomic E-state index is 14.9. The normalized spacial score (nSPS) is 18.0. The molecule has 14 heteroatoms. The largest absolute Gasteiger partial charge is 0.360 e. The summed E-state index contributed by atoms with van der Waals surface area (Å²) in [6.07, 6.45) is 4.89. The van der Waals surface area contributed by atoms with Crippen LogP contribution in [0.25, 0.3) is 21.5 Å². The van der Waals surface area contributed by atoms with E-state index in [4.69, 9.17) is 27.7 Å². The van der Waals surface area contributed by atoms with Crippen molar-refractivity contribution in [3.05, 3.63) is 63.1 Å². The van der Waals surface area contributed by atoms with Crippen molar-refractivity contribution in [2.24, 2.45) is 0 Å². The van der Waals surface area contributed by atoms with Gasteiger partial charge in [0.05, 0.1) is 20.0 Å². The van der Waals surface area contributed by atoms with Crippen molar-refractivity contribution in [1.29, 1.82) is 0 Å². The number of amides is 1. The quantitative estimate of drug-likeness (QED) is 0.216. The lowest BCUT2D eigenvalue weighted by Gasteiger charge is -2.32. The third-order valence-corrected chi connectivity index (χ3v) is 11.7. The number of thiazole rings is 1. The molecule has 2 aromatic carbocycles. The van der Waals surface area contributed by atoms with Crippen molar-refractivity contribution in [2.45, 2.75) is 62.3 Å².